The lowest BCUT2D eigenvalue weighted by Crippen LogP contribution is -2.55. The van der Waals surface area contributed by atoms with Gasteiger partial charge in [0.2, 0.25) is 11.8 Å². The fraction of sp³-hybridized carbons (Fsp3) is 0.350. The lowest BCUT2D eigenvalue weighted by molar-refractivity contribution is -0.138. The molecule has 0 bridgehead atoms. The molecule has 1 unspecified atom stereocenters. The Morgan fingerprint density at radius 1 is 1.26 bits per heavy atom. The van der Waals surface area contributed by atoms with E-state index in [-0.39, 0.29) is 30.6 Å². The molecule has 1 atom stereocenters. The lowest BCUT2D eigenvalue weighted by Gasteiger charge is -2.33. The monoisotopic (exact) mass is 370 g/mol. The van der Waals surface area contributed by atoms with Gasteiger partial charge in [-0.05, 0) is 18.2 Å². The van der Waals surface area contributed by atoms with Gasteiger partial charge in [-0.2, -0.15) is 0 Å². The highest BCUT2D eigenvalue weighted by Crippen LogP contribution is 2.13. The molecular weight excluding hydrogens is 347 g/mol. The molecule has 2 N–H and O–H groups in total. The number of halogens is 1. The van der Waals surface area contributed by atoms with Crippen LogP contribution in [0.3, 0.4) is 0 Å². The van der Waals surface area contributed by atoms with Crippen LogP contribution in [0.4, 0.5) is 4.39 Å². The fourth-order valence-corrected chi connectivity index (χ4v) is 3.07. The van der Waals surface area contributed by atoms with E-state index in [9.17, 15) is 14.0 Å². The molecule has 142 valence electrons. The number of piperazine rings is 1. The largest absolute Gasteiger partial charge is 0.356 e. The summed E-state index contributed by atoms with van der Waals surface area (Å²) in [5.74, 6) is -0.693. The quantitative estimate of drug-likeness (QED) is 0.770. The van der Waals surface area contributed by atoms with Crippen molar-refractivity contribution >= 4 is 11.8 Å². The molecule has 3 rings (SSSR count). The Kier molecular flexibility index (Phi) is 6.49. The second-order valence-corrected chi connectivity index (χ2v) is 6.48. The topological polar surface area (TPSA) is 74.3 Å². The van der Waals surface area contributed by atoms with Crippen LogP contribution in [0.1, 0.15) is 17.7 Å². The zero-order valence-electron chi connectivity index (χ0n) is 15.0. The summed E-state index contributed by atoms with van der Waals surface area (Å²) in [6, 6.07) is 11.5. The molecule has 2 amide bonds. The van der Waals surface area contributed by atoms with Crippen molar-refractivity contribution < 1.29 is 14.0 Å². The first kappa shape index (κ1) is 19.0. The number of rotatable bonds is 7. The second-order valence-electron chi connectivity index (χ2n) is 6.48. The van der Waals surface area contributed by atoms with Crippen molar-refractivity contribution in [1.29, 1.82) is 0 Å². The number of pyridine rings is 1. The van der Waals surface area contributed by atoms with E-state index in [4.69, 9.17) is 0 Å². The van der Waals surface area contributed by atoms with Gasteiger partial charge in [-0.3, -0.25) is 14.6 Å². The van der Waals surface area contributed by atoms with Crippen molar-refractivity contribution in [2.45, 2.75) is 25.4 Å². The van der Waals surface area contributed by atoms with Crippen LogP contribution in [0.25, 0.3) is 0 Å². The van der Waals surface area contributed by atoms with Crippen LogP contribution in [0.15, 0.2) is 48.7 Å². The van der Waals surface area contributed by atoms with Crippen LogP contribution in [0.2, 0.25) is 0 Å². The highest BCUT2D eigenvalue weighted by Gasteiger charge is 2.30. The summed E-state index contributed by atoms with van der Waals surface area (Å²) in [5, 5.41) is 5.90. The molecule has 1 aliphatic heterocycles. The molecule has 27 heavy (non-hydrogen) atoms. The van der Waals surface area contributed by atoms with Crippen LogP contribution < -0.4 is 10.6 Å². The third-order valence-electron chi connectivity index (χ3n) is 4.52. The van der Waals surface area contributed by atoms with Gasteiger partial charge in [0.15, 0.2) is 0 Å². The number of hydrogen-bond acceptors (Lipinski definition) is 4. The van der Waals surface area contributed by atoms with E-state index < -0.39 is 6.04 Å². The summed E-state index contributed by atoms with van der Waals surface area (Å²) in [5.41, 5.74) is 1.38. The van der Waals surface area contributed by atoms with Crippen LogP contribution in [-0.2, 0) is 22.6 Å². The van der Waals surface area contributed by atoms with Crippen molar-refractivity contribution in [2.75, 3.05) is 19.6 Å². The molecule has 1 aromatic carbocycles. The third kappa shape index (κ3) is 5.34. The summed E-state index contributed by atoms with van der Waals surface area (Å²) in [7, 11) is 0. The summed E-state index contributed by atoms with van der Waals surface area (Å²) in [4.78, 5) is 30.6. The maximum absolute atomic E-state index is 13.8. The lowest BCUT2D eigenvalue weighted by atomic mass is 10.1. The Morgan fingerprint density at radius 2 is 2.07 bits per heavy atom. The number of amides is 2. The first-order valence-electron chi connectivity index (χ1n) is 9.05. The Balaban J connectivity index is 1.48. The van der Waals surface area contributed by atoms with Gasteiger partial charge in [-0.15, -0.1) is 0 Å². The highest BCUT2D eigenvalue weighted by atomic mass is 19.1. The molecule has 2 heterocycles. The first-order chi connectivity index (χ1) is 13.1. The minimum atomic E-state index is -0.583. The van der Waals surface area contributed by atoms with E-state index in [1.807, 2.05) is 18.2 Å². The van der Waals surface area contributed by atoms with E-state index in [2.05, 4.69) is 15.6 Å². The van der Waals surface area contributed by atoms with E-state index in [1.165, 1.54) is 6.07 Å². The van der Waals surface area contributed by atoms with Crippen LogP contribution >= 0.6 is 0 Å². The minimum Gasteiger partial charge on any atom is -0.356 e. The van der Waals surface area contributed by atoms with Crippen molar-refractivity contribution in [1.82, 2.24) is 20.5 Å². The standard InChI is InChI=1S/C20H23FN4O2/c21-17-7-2-1-5-15(17)14-25-12-11-23-18(20(25)27)13-19(26)24-10-8-16-6-3-4-9-22-16/h1-7,9,18,23H,8,10-14H2,(H,24,26). The fourth-order valence-electron chi connectivity index (χ4n) is 3.07. The average molecular weight is 370 g/mol. The van der Waals surface area contributed by atoms with Crippen LogP contribution in [0, 0.1) is 5.82 Å². The van der Waals surface area contributed by atoms with Gasteiger partial charge in [0.25, 0.3) is 0 Å². The molecule has 1 aliphatic rings. The van der Waals surface area contributed by atoms with Gasteiger partial charge in [0.05, 0.1) is 12.5 Å². The predicted octanol–water partition coefficient (Wildman–Crippen LogP) is 1.27. The molecule has 1 saturated heterocycles. The van der Waals surface area contributed by atoms with Crippen LogP contribution in [-0.4, -0.2) is 47.4 Å². The van der Waals surface area contributed by atoms with Crippen molar-refractivity contribution in [2.24, 2.45) is 0 Å². The van der Waals surface area contributed by atoms with Crippen LogP contribution in [0.5, 0.6) is 0 Å². The van der Waals surface area contributed by atoms with E-state index in [0.717, 1.165) is 5.69 Å². The maximum Gasteiger partial charge on any atom is 0.240 e. The second kappa shape index (κ2) is 9.23. The molecule has 0 saturated carbocycles. The third-order valence-corrected chi connectivity index (χ3v) is 4.52. The molecule has 7 heteroatoms. The van der Waals surface area contributed by atoms with Gasteiger partial charge in [0.1, 0.15) is 5.82 Å². The Hall–Kier alpha value is -2.80. The summed E-state index contributed by atoms with van der Waals surface area (Å²) < 4.78 is 13.8. The Labute approximate surface area is 157 Å². The van der Waals surface area contributed by atoms with Crippen molar-refractivity contribution in [3.63, 3.8) is 0 Å². The van der Waals surface area contributed by atoms with E-state index in [0.29, 0.717) is 31.6 Å². The smallest absolute Gasteiger partial charge is 0.240 e. The Morgan fingerprint density at radius 3 is 2.85 bits per heavy atom. The molecule has 0 spiro atoms. The number of aromatic nitrogens is 1. The molecule has 0 aliphatic carbocycles. The zero-order chi connectivity index (χ0) is 19.1. The summed E-state index contributed by atoms with van der Waals surface area (Å²) in [6.45, 7) is 1.75. The average Bonchev–Trinajstić information content (AvgIpc) is 2.67. The summed E-state index contributed by atoms with van der Waals surface area (Å²) in [6.07, 6.45) is 2.42. The Bertz CT molecular complexity index is 785. The van der Waals surface area contributed by atoms with Gasteiger partial charge in [-0.25, -0.2) is 4.39 Å². The maximum atomic E-state index is 13.8. The molecule has 1 aromatic heterocycles. The molecule has 1 fully saturated rings. The highest BCUT2D eigenvalue weighted by molar-refractivity contribution is 5.88. The number of hydrogen-bond donors (Lipinski definition) is 2. The molecule has 2 aromatic rings. The molecule has 6 nitrogen and oxygen atoms in total. The zero-order valence-corrected chi connectivity index (χ0v) is 15.0. The van der Waals surface area contributed by atoms with Gasteiger partial charge in [-0.1, -0.05) is 24.3 Å². The van der Waals surface area contributed by atoms with Crippen molar-refractivity contribution in [3.05, 3.63) is 65.7 Å². The SMILES string of the molecule is O=C(CC1NCCN(Cc2ccccc2F)C1=O)NCCc1ccccn1. The molecule has 0 radical (unpaired) electrons. The number of nitrogens with zero attached hydrogens (tertiary/aromatic N) is 2. The number of benzene rings is 1. The first-order valence-corrected chi connectivity index (χ1v) is 9.05. The minimum absolute atomic E-state index is 0.0643. The number of carbonyl (C=O) groups excluding carboxylic acids is 2. The van der Waals surface area contributed by atoms with Crippen molar-refractivity contribution in [3.8, 4) is 0 Å². The van der Waals surface area contributed by atoms with Gasteiger partial charge < -0.3 is 15.5 Å². The molecular formula is C20H23FN4O2. The number of nitrogens with one attached hydrogen (secondary N) is 2. The summed E-state index contributed by atoms with van der Waals surface area (Å²) >= 11 is 0. The van der Waals surface area contributed by atoms with Gasteiger partial charge >= 0.3 is 0 Å². The van der Waals surface area contributed by atoms with E-state index >= 15 is 0 Å². The van der Waals surface area contributed by atoms with Gasteiger partial charge in [0, 0.05) is 50.1 Å². The van der Waals surface area contributed by atoms with E-state index in [1.54, 1.807) is 29.3 Å². The number of carbonyl (C=O) groups is 2. The normalized spacial score (nSPS) is 17.0. The predicted molar refractivity (Wildman–Crippen MR) is 99.2 cm³/mol.